The first kappa shape index (κ1) is 24.5. The first-order chi connectivity index (χ1) is 15.3. The van der Waals surface area contributed by atoms with Gasteiger partial charge in [-0.15, -0.1) is 0 Å². The highest BCUT2D eigenvalue weighted by Gasteiger charge is 2.24. The summed E-state index contributed by atoms with van der Waals surface area (Å²) in [7, 11) is 0. The van der Waals surface area contributed by atoms with Crippen molar-refractivity contribution in [2.45, 2.75) is 32.8 Å². The van der Waals surface area contributed by atoms with E-state index in [1.165, 1.54) is 0 Å². The first-order valence-corrected chi connectivity index (χ1v) is 11.7. The van der Waals surface area contributed by atoms with Gasteiger partial charge in [0.1, 0.15) is 5.75 Å². The van der Waals surface area contributed by atoms with E-state index in [-0.39, 0.29) is 11.8 Å². The van der Waals surface area contributed by atoms with Gasteiger partial charge in [-0.1, -0.05) is 41.7 Å². The van der Waals surface area contributed by atoms with Gasteiger partial charge >= 0.3 is 0 Å². The molecule has 1 fully saturated rings. The van der Waals surface area contributed by atoms with Gasteiger partial charge in [-0.25, -0.2) is 0 Å². The molecule has 0 spiro atoms. The molecule has 0 unspecified atom stereocenters. The molecule has 1 N–H and O–H groups in total. The van der Waals surface area contributed by atoms with Crippen molar-refractivity contribution in [1.82, 2.24) is 4.90 Å². The number of rotatable bonds is 7. The van der Waals surface area contributed by atoms with E-state index in [2.05, 4.69) is 10.2 Å². The highest BCUT2D eigenvalue weighted by atomic mass is 35.5. The number of ether oxygens (including phenoxy) is 1. The van der Waals surface area contributed by atoms with Crippen LogP contribution in [0.2, 0.25) is 15.1 Å². The van der Waals surface area contributed by atoms with Gasteiger partial charge < -0.3 is 19.9 Å². The Morgan fingerprint density at radius 1 is 1.03 bits per heavy atom. The van der Waals surface area contributed by atoms with Crippen molar-refractivity contribution in [3.8, 4) is 5.75 Å². The van der Waals surface area contributed by atoms with E-state index in [0.29, 0.717) is 59.1 Å². The maximum Gasteiger partial charge on any atom is 0.265 e. The molecule has 2 aromatic carbocycles. The lowest BCUT2D eigenvalue weighted by atomic mass is 10.2. The van der Waals surface area contributed by atoms with E-state index < -0.39 is 6.10 Å². The lowest BCUT2D eigenvalue weighted by molar-refractivity contribution is -0.131. The van der Waals surface area contributed by atoms with Crippen LogP contribution >= 0.6 is 34.8 Å². The predicted octanol–water partition coefficient (Wildman–Crippen LogP) is 5.50. The molecule has 0 aliphatic carbocycles. The minimum Gasteiger partial charge on any atom is -0.479 e. The third kappa shape index (κ3) is 6.21. The van der Waals surface area contributed by atoms with Gasteiger partial charge in [0.15, 0.2) is 6.10 Å². The summed E-state index contributed by atoms with van der Waals surface area (Å²) in [6.07, 6.45) is 0.607. The van der Waals surface area contributed by atoms with E-state index in [1.807, 2.05) is 17.9 Å². The van der Waals surface area contributed by atoms with Crippen LogP contribution in [0, 0.1) is 0 Å². The first-order valence-electron chi connectivity index (χ1n) is 10.5. The van der Waals surface area contributed by atoms with Crippen LogP contribution in [-0.4, -0.2) is 49.0 Å². The van der Waals surface area contributed by atoms with Gasteiger partial charge in [0.05, 0.1) is 16.4 Å². The average molecular weight is 499 g/mol. The van der Waals surface area contributed by atoms with Gasteiger partial charge in [0.2, 0.25) is 5.91 Å². The van der Waals surface area contributed by atoms with Gasteiger partial charge in [0, 0.05) is 42.6 Å². The zero-order valence-corrected chi connectivity index (χ0v) is 20.3. The molecule has 2 aromatic rings. The Morgan fingerprint density at radius 2 is 1.69 bits per heavy atom. The van der Waals surface area contributed by atoms with E-state index in [9.17, 15) is 9.59 Å². The summed E-state index contributed by atoms with van der Waals surface area (Å²) in [4.78, 5) is 29.0. The fraction of sp³-hybridized carbons (Fsp3) is 0.391. The van der Waals surface area contributed by atoms with Crippen molar-refractivity contribution in [3.63, 3.8) is 0 Å². The van der Waals surface area contributed by atoms with Crippen LogP contribution in [0.25, 0.3) is 0 Å². The smallest absolute Gasteiger partial charge is 0.265 e. The van der Waals surface area contributed by atoms with Crippen molar-refractivity contribution in [1.29, 1.82) is 0 Å². The number of halogens is 3. The summed E-state index contributed by atoms with van der Waals surface area (Å²) in [6.45, 7) is 6.27. The van der Waals surface area contributed by atoms with Gasteiger partial charge in [-0.05, 0) is 49.7 Å². The molecule has 1 aliphatic heterocycles. The second-order valence-electron chi connectivity index (χ2n) is 7.60. The molecule has 0 saturated carbocycles. The monoisotopic (exact) mass is 497 g/mol. The second-order valence-corrected chi connectivity index (χ2v) is 8.88. The van der Waals surface area contributed by atoms with Crippen LogP contribution in [0.15, 0.2) is 36.4 Å². The van der Waals surface area contributed by atoms with Crippen molar-refractivity contribution in [2.24, 2.45) is 0 Å². The number of nitrogens with one attached hydrogen (secondary N) is 1. The normalized spacial score (nSPS) is 14.8. The number of hydrogen-bond donors (Lipinski definition) is 1. The number of anilines is 2. The molecular weight excluding hydrogens is 473 g/mol. The third-order valence-corrected chi connectivity index (χ3v) is 5.99. The molecule has 2 amide bonds. The van der Waals surface area contributed by atoms with Gasteiger partial charge in [0.25, 0.3) is 5.91 Å². The molecule has 172 valence electrons. The number of amides is 2. The molecule has 1 atom stereocenters. The van der Waals surface area contributed by atoms with Crippen LogP contribution in [0.3, 0.4) is 0 Å². The predicted molar refractivity (Wildman–Crippen MR) is 130 cm³/mol. The van der Waals surface area contributed by atoms with Crippen molar-refractivity contribution < 1.29 is 14.3 Å². The van der Waals surface area contributed by atoms with E-state index in [4.69, 9.17) is 39.5 Å². The molecular formula is C23H26Cl3N3O3. The maximum absolute atomic E-state index is 12.8. The molecule has 6 nitrogen and oxygen atoms in total. The van der Waals surface area contributed by atoms with E-state index in [0.717, 1.165) is 12.1 Å². The largest absolute Gasteiger partial charge is 0.479 e. The molecule has 32 heavy (non-hydrogen) atoms. The van der Waals surface area contributed by atoms with Crippen LogP contribution in [0.5, 0.6) is 5.75 Å². The standard InChI is InChI=1S/C23H26Cl3N3O3/c1-3-4-22(30)29-11-9-28(10-12-29)20-7-5-17(25)14-19(20)27-23(31)15(2)32-21-8-6-16(24)13-18(21)26/h5-8,13-15H,3-4,9-12H2,1-2H3,(H,27,31)/t15-/m0/s1. The average Bonchev–Trinajstić information content (AvgIpc) is 2.76. The summed E-state index contributed by atoms with van der Waals surface area (Å²) >= 11 is 18.3. The Morgan fingerprint density at radius 3 is 2.34 bits per heavy atom. The zero-order valence-electron chi connectivity index (χ0n) is 18.0. The number of piperazine rings is 1. The Balaban J connectivity index is 1.68. The fourth-order valence-electron chi connectivity index (χ4n) is 3.50. The number of benzene rings is 2. The molecule has 1 saturated heterocycles. The lowest BCUT2D eigenvalue weighted by Crippen LogP contribution is -2.49. The zero-order chi connectivity index (χ0) is 23.3. The molecule has 3 rings (SSSR count). The molecule has 0 bridgehead atoms. The summed E-state index contributed by atoms with van der Waals surface area (Å²) in [5.41, 5.74) is 1.44. The van der Waals surface area contributed by atoms with E-state index >= 15 is 0 Å². The SMILES string of the molecule is CCCC(=O)N1CCN(c2ccc(Cl)cc2NC(=O)[C@H](C)Oc2ccc(Cl)cc2Cl)CC1. The topological polar surface area (TPSA) is 61.9 Å². The van der Waals surface area contributed by atoms with Crippen molar-refractivity contribution >= 4 is 58.0 Å². The summed E-state index contributed by atoms with van der Waals surface area (Å²) in [5, 5.41) is 4.24. The Labute approximate surface area is 203 Å². The third-order valence-electron chi connectivity index (χ3n) is 5.22. The van der Waals surface area contributed by atoms with Crippen LogP contribution in [-0.2, 0) is 9.59 Å². The highest BCUT2D eigenvalue weighted by molar-refractivity contribution is 6.35. The minimum atomic E-state index is -0.802. The van der Waals surface area contributed by atoms with Gasteiger partial charge in [-0.3, -0.25) is 9.59 Å². The van der Waals surface area contributed by atoms with Crippen molar-refractivity contribution in [3.05, 3.63) is 51.5 Å². The lowest BCUT2D eigenvalue weighted by Gasteiger charge is -2.37. The summed E-state index contributed by atoms with van der Waals surface area (Å²) < 4.78 is 5.72. The number of nitrogens with zero attached hydrogens (tertiary/aromatic N) is 2. The van der Waals surface area contributed by atoms with Crippen molar-refractivity contribution in [2.75, 3.05) is 36.4 Å². The number of carbonyl (C=O) groups is 2. The maximum atomic E-state index is 12.8. The Kier molecular flexibility index (Phi) is 8.51. The van der Waals surface area contributed by atoms with Crippen LogP contribution < -0.4 is 15.0 Å². The molecule has 0 radical (unpaired) electrons. The van der Waals surface area contributed by atoms with Gasteiger partial charge in [-0.2, -0.15) is 0 Å². The number of hydrogen-bond acceptors (Lipinski definition) is 4. The minimum absolute atomic E-state index is 0.184. The molecule has 1 heterocycles. The quantitative estimate of drug-likeness (QED) is 0.547. The Hall–Kier alpha value is -2.15. The number of carbonyl (C=O) groups excluding carboxylic acids is 2. The summed E-state index contributed by atoms with van der Waals surface area (Å²) in [6, 6.07) is 10.2. The molecule has 0 aromatic heterocycles. The Bertz CT molecular complexity index is 978. The second kappa shape index (κ2) is 11.1. The molecule has 9 heteroatoms. The highest BCUT2D eigenvalue weighted by Crippen LogP contribution is 2.31. The van der Waals surface area contributed by atoms with Crippen LogP contribution in [0.1, 0.15) is 26.7 Å². The fourth-order valence-corrected chi connectivity index (χ4v) is 4.13. The molecule has 1 aliphatic rings. The van der Waals surface area contributed by atoms with Crippen LogP contribution in [0.4, 0.5) is 11.4 Å². The summed E-state index contributed by atoms with van der Waals surface area (Å²) in [5.74, 6) is 0.220. The van der Waals surface area contributed by atoms with E-state index in [1.54, 1.807) is 37.3 Å².